The number of hydrogen-bond donors (Lipinski definition) is 1. The van der Waals surface area contributed by atoms with Crippen LogP contribution in [0.2, 0.25) is 5.02 Å². The topological polar surface area (TPSA) is 111 Å². The van der Waals surface area contributed by atoms with E-state index >= 15 is 0 Å². The molecule has 0 amide bonds. The molecule has 9 nitrogen and oxygen atoms in total. The second-order valence-corrected chi connectivity index (χ2v) is 11.9. The largest absolute Gasteiger partial charge is 0.478 e. The number of benzene rings is 3. The number of carbonyl (C=O) groups is 1. The number of ether oxygens (including phenoxy) is 1. The lowest BCUT2D eigenvalue weighted by atomic mass is 10.0. The summed E-state index contributed by atoms with van der Waals surface area (Å²) in [5.74, 6) is -1.03. The van der Waals surface area contributed by atoms with Gasteiger partial charge in [0, 0.05) is 18.1 Å². The van der Waals surface area contributed by atoms with Crippen molar-refractivity contribution in [3.8, 4) is 5.69 Å². The zero-order valence-corrected chi connectivity index (χ0v) is 21.8. The minimum Gasteiger partial charge on any atom is -0.478 e. The lowest BCUT2D eigenvalue weighted by molar-refractivity contribution is 0.0696. The highest BCUT2D eigenvalue weighted by atomic mass is 35.5. The predicted molar refractivity (Wildman–Crippen MR) is 142 cm³/mol. The Kier molecular flexibility index (Phi) is 5.95. The van der Waals surface area contributed by atoms with Gasteiger partial charge in [-0.05, 0) is 73.0 Å². The van der Waals surface area contributed by atoms with Crippen LogP contribution in [0.1, 0.15) is 28.8 Å². The third kappa shape index (κ3) is 3.95. The fourth-order valence-electron chi connectivity index (χ4n) is 5.24. The number of hydrogen-bond acceptors (Lipinski definition) is 5. The van der Waals surface area contributed by atoms with Crippen LogP contribution < -0.4 is 5.69 Å². The third-order valence-electron chi connectivity index (χ3n) is 7.30. The summed E-state index contributed by atoms with van der Waals surface area (Å²) in [5, 5.41) is 9.95. The molecule has 11 heteroatoms. The molecule has 2 heterocycles. The molecule has 0 spiro atoms. The maximum Gasteiger partial charge on any atom is 0.335 e. The summed E-state index contributed by atoms with van der Waals surface area (Å²) in [4.78, 5) is 25.8. The minimum absolute atomic E-state index is 0.141. The third-order valence-corrected chi connectivity index (χ3v) is 9.45. The molecule has 1 aromatic heterocycles. The van der Waals surface area contributed by atoms with E-state index in [4.69, 9.17) is 16.3 Å². The average Bonchev–Trinajstić information content (AvgIpc) is 3.67. The molecule has 2 fully saturated rings. The number of aromatic nitrogens is 2. The van der Waals surface area contributed by atoms with Gasteiger partial charge in [0.25, 0.3) is 0 Å². The maximum atomic E-state index is 14.0. The number of morpholine rings is 1. The molecule has 1 N–H and O–H groups in total. The monoisotopic (exact) mass is 553 g/mol. The number of carboxylic acids is 1. The second kappa shape index (κ2) is 9.09. The number of fused-ring (bicyclic) bond motifs is 1. The van der Waals surface area contributed by atoms with Gasteiger partial charge in [-0.25, -0.2) is 18.0 Å². The Balaban J connectivity index is 1.48. The first-order valence-electron chi connectivity index (χ1n) is 12.2. The number of carboxylic acid groups (broad SMARTS) is 1. The van der Waals surface area contributed by atoms with Crippen LogP contribution in [-0.2, 0) is 20.3 Å². The standard InChI is InChI=1S/C27H24ClN3O6S/c28-20-4-9-23-24(17-20)30(21-5-7-22(8-6-21)38(35,36)29-12-14-37-15-13-29)26(34)31(23)27(10-11-27)19-3-1-2-18(16-19)25(32)33/h1-9,16-17H,10-15H2,(H,32,33). The lowest BCUT2D eigenvalue weighted by Crippen LogP contribution is -2.40. The number of aromatic carboxylic acids is 1. The van der Waals surface area contributed by atoms with Gasteiger partial charge in [-0.2, -0.15) is 4.31 Å². The Hall–Kier alpha value is -3.44. The molecule has 2 aliphatic rings. The van der Waals surface area contributed by atoms with Crippen LogP contribution in [0.15, 0.2) is 76.4 Å². The number of nitrogens with zero attached hydrogens (tertiary/aromatic N) is 3. The Labute approximate surface area is 223 Å². The Bertz CT molecular complexity index is 1730. The SMILES string of the molecule is O=C(O)c1cccc(C2(n3c(=O)n(-c4ccc(S(=O)(=O)N5CCOCC5)cc4)c4cc(Cl)ccc43)CC2)c1. The van der Waals surface area contributed by atoms with Crippen LogP contribution in [0.3, 0.4) is 0 Å². The van der Waals surface area contributed by atoms with Gasteiger partial charge in [0.2, 0.25) is 10.0 Å². The number of imidazole rings is 1. The first kappa shape index (κ1) is 24.9. The van der Waals surface area contributed by atoms with Crippen LogP contribution in [-0.4, -0.2) is 59.2 Å². The van der Waals surface area contributed by atoms with Gasteiger partial charge in [-0.15, -0.1) is 0 Å². The van der Waals surface area contributed by atoms with Gasteiger partial charge in [-0.3, -0.25) is 9.13 Å². The molecular weight excluding hydrogens is 530 g/mol. The molecule has 1 aliphatic carbocycles. The minimum atomic E-state index is -3.68. The van der Waals surface area contributed by atoms with Crippen molar-refractivity contribution < 1.29 is 23.1 Å². The van der Waals surface area contributed by atoms with E-state index in [2.05, 4.69) is 0 Å². The van der Waals surface area contributed by atoms with Crippen LogP contribution in [0.5, 0.6) is 0 Å². The summed E-state index contributed by atoms with van der Waals surface area (Å²) in [5.41, 5.74) is 1.64. The van der Waals surface area contributed by atoms with E-state index in [0.717, 1.165) is 5.56 Å². The van der Waals surface area contributed by atoms with E-state index in [1.54, 1.807) is 47.0 Å². The van der Waals surface area contributed by atoms with Gasteiger partial charge in [0.15, 0.2) is 0 Å². The van der Waals surface area contributed by atoms with Crippen molar-refractivity contribution in [3.05, 3.63) is 93.4 Å². The van der Waals surface area contributed by atoms with Crippen molar-refractivity contribution in [1.29, 1.82) is 0 Å². The van der Waals surface area contributed by atoms with Gasteiger partial charge in [0.1, 0.15) is 0 Å². The number of halogens is 1. The molecule has 1 saturated heterocycles. The molecule has 3 aromatic carbocycles. The fourth-order valence-corrected chi connectivity index (χ4v) is 6.81. The van der Waals surface area contributed by atoms with E-state index < -0.39 is 21.5 Å². The quantitative estimate of drug-likeness (QED) is 0.390. The van der Waals surface area contributed by atoms with Crippen molar-refractivity contribution in [2.24, 2.45) is 0 Å². The van der Waals surface area contributed by atoms with Gasteiger partial charge >= 0.3 is 11.7 Å². The average molecular weight is 554 g/mol. The van der Waals surface area contributed by atoms with Crippen LogP contribution in [0, 0.1) is 0 Å². The van der Waals surface area contributed by atoms with Crippen LogP contribution in [0.25, 0.3) is 16.7 Å². The summed E-state index contributed by atoms with van der Waals surface area (Å²) in [6.45, 7) is 1.29. The van der Waals surface area contributed by atoms with Crippen LogP contribution >= 0.6 is 11.6 Å². The van der Waals surface area contributed by atoms with Crippen LogP contribution in [0.4, 0.5) is 0 Å². The van der Waals surface area contributed by atoms with E-state index in [-0.39, 0.29) is 16.1 Å². The number of rotatable bonds is 6. The normalized spacial score (nSPS) is 17.5. The zero-order valence-electron chi connectivity index (χ0n) is 20.2. The zero-order chi connectivity index (χ0) is 26.7. The second-order valence-electron chi connectivity index (χ2n) is 9.51. The summed E-state index contributed by atoms with van der Waals surface area (Å²) < 4.78 is 36.0. The van der Waals surface area contributed by atoms with Gasteiger partial charge < -0.3 is 9.84 Å². The molecule has 1 aliphatic heterocycles. The summed E-state index contributed by atoms with van der Waals surface area (Å²) in [6.07, 6.45) is 1.35. The van der Waals surface area contributed by atoms with E-state index in [1.165, 1.54) is 27.1 Å². The highest BCUT2D eigenvalue weighted by Crippen LogP contribution is 2.50. The molecule has 0 atom stereocenters. The Morgan fingerprint density at radius 2 is 1.66 bits per heavy atom. The molecule has 0 bridgehead atoms. The first-order valence-corrected chi connectivity index (χ1v) is 14.0. The van der Waals surface area contributed by atoms with Gasteiger partial charge in [-0.1, -0.05) is 23.7 Å². The summed E-state index contributed by atoms with van der Waals surface area (Å²) in [6, 6.07) is 18.1. The van der Waals surface area contributed by atoms with Crippen molar-refractivity contribution >= 4 is 38.6 Å². The highest BCUT2D eigenvalue weighted by molar-refractivity contribution is 7.89. The molecule has 196 valence electrons. The fraction of sp³-hybridized carbons (Fsp3) is 0.259. The Morgan fingerprint density at radius 3 is 2.32 bits per heavy atom. The lowest BCUT2D eigenvalue weighted by Gasteiger charge is -2.26. The van der Waals surface area contributed by atoms with E-state index in [1.807, 2.05) is 6.07 Å². The van der Waals surface area contributed by atoms with Crippen molar-refractivity contribution in [1.82, 2.24) is 13.4 Å². The van der Waals surface area contributed by atoms with Crippen molar-refractivity contribution in [2.75, 3.05) is 26.3 Å². The molecular formula is C27H24ClN3O6S. The molecule has 0 radical (unpaired) electrons. The van der Waals surface area contributed by atoms with E-state index in [9.17, 15) is 23.1 Å². The highest BCUT2D eigenvalue weighted by Gasteiger charge is 2.49. The van der Waals surface area contributed by atoms with E-state index in [0.29, 0.717) is 60.9 Å². The van der Waals surface area contributed by atoms with Crippen molar-refractivity contribution in [2.45, 2.75) is 23.3 Å². The van der Waals surface area contributed by atoms with Gasteiger partial charge in [0.05, 0.1) is 45.9 Å². The summed E-state index contributed by atoms with van der Waals surface area (Å²) in [7, 11) is -3.68. The molecule has 6 rings (SSSR count). The smallest absolute Gasteiger partial charge is 0.335 e. The molecule has 4 aromatic rings. The molecule has 38 heavy (non-hydrogen) atoms. The molecule has 1 saturated carbocycles. The van der Waals surface area contributed by atoms with Crippen molar-refractivity contribution in [3.63, 3.8) is 0 Å². The number of sulfonamides is 1. The first-order chi connectivity index (χ1) is 18.2. The summed E-state index contributed by atoms with van der Waals surface area (Å²) >= 11 is 6.33. The Morgan fingerprint density at radius 1 is 0.947 bits per heavy atom. The molecule has 0 unspecified atom stereocenters. The maximum absolute atomic E-state index is 14.0. The predicted octanol–water partition coefficient (Wildman–Crippen LogP) is 3.70.